The van der Waals surface area contributed by atoms with E-state index in [9.17, 15) is 0 Å². The lowest BCUT2D eigenvalue weighted by molar-refractivity contribution is 0.324. The summed E-state index contributed by atoms with van der Waals surface area (Å²) < 4.78 is 16.4. The molecule has 1 heterocycles. The van der Waals surface area contributed by atoms with Crippen molar-refractivity contribution in [2.24, 2.45) is 0 Å². The van der Waals surface area contributed by atoms with Crippen molar-refractivity contribution in [3.63, 3.8) is 0 Å². The van der Waals surface area contributed by atoms with Crippen LogP contribution < -0.4 is 14.2 Å². The molecule has 0 bridgehead atoms. The number of hydrogen-bond acceptors (Lipinski definition) is 4. The minimum absolute atomic E-state index is 0.550. The molecule has 148 valence electrons. The second-order valence-corrected chi connectivity index (χ2v) is 6.99. The molecule has 0 atom stereocenters. The van der Waals surface area contributed by atoms with Crippen LogP contribution in [0.5, 0.6) is 17.2 Å². The number of imidazole rings is 1. The average Bonchev–Trinajstić information content (AvgIpc) is 3.19. The summed E-state index contributed by atoms with van der Waals surface area (Å²) in [5.41, 5.74) is 4.89. The number of halogens is 1. The van der Waals surface area contributed by atoms with E-state index in [1.165, 1.54) is 0 Å². The molecule has 0 aliphatic heterocycles. The number of para-hydroxylation sites is 1. The van der Waals surface area contributed by atoms with E-state index < -0.39 is 0 Å². The lowest BCUT2D eigenvalue weighted by Crippen LogP contribution is -1.96. The van der Waals surface area contributed by atoms with Crippen molar-refractivity contribution in [3.05, 3.63) is 70.7 Å². The number of ether oxygens (including phenoxy) is 3. The molecule has 5 nitrogen and oxygen atoms in total. The van der Waals surface area contributed by atoms with E-state index in [2.05, 4.69) is 11.1 Å². The average molecular weight is 409 g/mol. The molecule has 0 spiro atoms. The van der Waals surface area contributed by atoms with E-state index in [4.69, 9.17) is 30.8 Å². The van der Waals surface area contributed by atoms with Crippen LogP contribution in [0.2, 0.25) is 5.02 Å². The Kier molecular flexibility index (Phi) is 5.32. The van der Waals surface area contributed by atoms with E-state index in [1.807, 2.05) is 48.5 Å². The van der Waals surface area contributed by atoms with Crippen molar-refractivity contribution in [3.8, 4) is 28.6 Å². The number of benzene rings is 3. The fourth-order valence-corrected chi connectivity index (χ4v) is 3.64. The van der Waals surface area contributed by atoms with Gasteiger partial charge in [0, 0.05) is 17.0 Å². The molecule has 0 saturated heterocycles. The standard InChI is InChI=1S/C23H21ClN2O3/c1-27-19-12-16(13-20(28-2)22(19)29-3)23-25-18-10-6-8-15(21(18)26-23)11-14-7-4-5-9-17(14)24/h4-10,12-13H,11H2,1-3H3,(H,25,26). The van der Waals surface area contributed by atoms with Crippen LogP contribution in [0.4, 0.5) is 0 Å². The summed E-state index contributed by atoms with van der Waals surface area (Å²) in [6, 6.07) is 17.7. The molecule has 0 fully saturated rings. The first kappa shape index (κ1) is 19.2. The Balaban J connectivity index is 1.80. The van der Waals surface area contributed by atoms with Crippen LogP contribution >= 0.6 is 11.6 Å². The van der Waals surface area contributed by atoms with Gasteiger partial charge in [0.15, 0.2) is 11.5 Å². The highest BCUT2D eigenvalue weighted by atomic mass is 35.5. The number of fused-ring (bicyclic) bond motifs is 1. The Morgan fingerprint density at radius 1 is 0.862 bits per heavy atom. The zero-order chi connectivity index (χ0) is 20.4. The van der Waals surface area contributed by atoms with Gasteiger partial charge in [-0.2, -0.15) is 0 Å². The Morgan fingerprint density at radius 3 is 2.21 bits per heavy atom. The van der Waals surface area contributed by atoms with Crippen molar-refractivity contribution >= 4 is 22.6 Å². The monoisotopic (exact) mass is 408 g/mol. The van der Waals surface area contributed by atoms with Gasteiger partial charge in [0.05, 0.1) is 32.4 Å². The lowest BCUT2D eigenvalue weighted by Gasteiger charge is -2.13. The number of hydrogen-bond donors (Lipinski definition) is 1. The normalized spacial score (nSPS) is 10.9. The molecule has 4 aromatic rings. The van der Waals surface area contributed by atoms with Crippen molar-refractivity contribution < 1.29 is 14.2 Å². The first-order chi connectivity index (χ1) is 14.1. The summed E-state index contributed by atoms with van der Waals surface area (Å²) in [5.74, 6) is 2.44. The van der Waals surface area contributed by atoms with Crippen molar-refractivity contribution in [2.45, 2.75) is 6.42 Å². The second-order valence-electron chi connectivity index (χ2n) is 6.58. The van der Waals surface area contributed by atoms with Crippen LogP contribution in [0.1, 0.15) is 11.1 Å². The SMILES string of the molecule is COc1cc(-c2nc3c(Cc4ccccc4Cl)cccc3[nH]2)cc(OC)c1OC. The quantitative estimate of drug-likeness (QED) is 0.457. The van der Waals surface area contributed by atoms with E-state index in [-0.39, 0.29) is 0 Å². The number of aromatic nitrogens is 2. The third-order valence-electron chi connectivity index (χ3n) is 4.87. The maximum Gasteiger partial charge on any atom is 0.203 e. The van der Waals surface area contributed by atoms with Gasteiger partial charge in [-0.1, -0.05) is 41.9 Å². The summed E-state index contributed by atoms with van der Waals surface area (Å²) in [6.45, 7) is 0. The van der Waals surface area contributed by atoms with Crippen molar-refractivity contribution in [1.82, 2.24) is 9.97 Å². The van der Waals surface area contributed by atoms with Crippen LogP contribution in [-0.4, -0.2) is 31.3 Å². The van der Waals surface area contributed by atoms with Gasteiger partial charge in [0.2, 0.25) is 5.75 Å². The number of nitrogens with zero attached hydrogens (tertiary/aromatic N) is 1. The highest BCUT2D eigenvalue weighted by Gasteiger charge is 2.17. The van der Waals surface area contributed by atoms with Gasteiger partial charge in [-0.3, -0.25) is 0 Å². The molecule has 0 aliphatic carbocycles. The number of rotatable bonds is 6. The van der Waals surface area contributed by atoms with E-state index in [0.29, 0.717) is 23.7 Å². The number of H-pyrrole nitrogens is 1. The van der Waals surface area contributed by atoms with Crippen LogP contribution in [0.25, 0.3) is 22.4 Å². The molecule has 0 unspecified atom stereocenters. The fourth-order valence-electron chi connectivity index (χ4n) is 3.44. The van der Waals surface area contributed by atoms with Gasteiger partial charge in [0.1, 0.15) is 5.82 Å². The van der Waals surface area contributed by atoms with Crippen LogP contribution in [0.3, 0.4) is 0 Å². The van der Waals surface area contributed by atoms with Crippen molar-refractivity contribution in [2.75, 3.05) is 21.3 Å². The zero-order valence-electron chi connectivity index (χ0n) is 16.5. The molecule has 29 heavy (non-hydrogen) atoms. The number of aromatic amines is 1. The fraction of sp³-hybridized carbons (Fsp3) is 0.174. The molecular formula is C23H21ClN2O3. The summed E-state index contributed by atoms with van der Waals surface area (Å²) >= 11 is 6.35. The van der Waals surface area contributed by atoms with Crippen LogP contribution in [-0.2, 0) is 6.42 Å². The maximum absolute atomic E-state index is 6.35. The van der Waals surface area contributed by atoms with Crippen LogP contribution in [0.15, 0.2) is 54.6 Å². The number of nitrogens with one attached hydrogen (secondary N) is 1. The van der Waals surface area contributed by atoms with Gasteiger partial charge in [-0.05, 0) is 35.4 Å². The highest BCUT2D eigenvalue weighted by molar-refractivity contribution is 6.31. The van der Waals surface area contributed by atoms with Gasteiger partial charge in [-0.25, -0.2) is 4.98 Å². The van der Waals surface area contributed by atoms with E-state index in [0.717, 1.165) is 38.6 Å². The molecule has 0 saturated carbocycles. The first-order valence-corrected chi connectivity index (χ1v) is 9.53. The second kappa shape index (κ2) is 8.05. The molecule has 3 aromatic carbocycles. The lowest BCUT2D eigenvalue weighted by atomic mass is 10.0. The van der Waals surface area contributed by atoms with Crippen molar-refractivity contribution in [1.29, 1.82) is 0 Å². The first-order valence-electron chi connectivity index (χ1n) is 9.16. The zero-order valence-corrected chi connectivity index (χ0v) is 17.2. The summed E-state index contributed by atoms with van der Waals surface area (Å²) in [4.78, 5) is 8.26. The maximum atomic E-state index is 6.35. The van der Waals surface area contributed by atoms with Gasteiger partial charge in [-0.15, -0.1) is 0 Å². The summed E-state index contributed by atoms with van der Waals surface area (Å²) in [6.07, 6.45) is 0.705. The highest BCUT2D eigenvalue weighted by Crippen LogP contribution is 2.41. The summed E-state index contributed by atoms with van der Waals surface area (Å²) in [7, 11) is 4.78. The number of methoxy groups -OCH3 is 3. The molecule has 0 amide bonds. The van der Waals surface area contributed by atoms with E-state index in [1.54, 1.807) is 21.3 Å². The molecule has 1 N–H and O–H groups in total. The topological polar surface area (TPSA) is 56.4 Å². The Hall–Kier alpha value is -3.18. The molecule has 0 radical (unpaired) electrons. The molecule has 4 rings (SSSR count). The Labute approximate surface area is 174 Å². The minimum atomic E-state index is 0.550. The predicted molar refractivity (Wildman–Crippen MR) is 115 cm³/mol. The third kappa shape index (κ3) is 3.61. The largest absolute Gasteiger partial charge is 0.493 e. The molecule has 0 aliphatic rings. The third-order valence-corrected chi connectivity index (χ3v) is 5.24. The van der Waals surface area contributed by atoms with Gasteiger partial charge >= 0.3 is 0 Å². The smallest absolute Gasteiger partial charge is 0.203 e. The minimum Gasteiger partial charge on any atom is -0.493 e. The Bertz CT molecular complexity index is 1140. The molecular weight excluding hydrogens is 388 g/mol. The summed E-state index contributed by atoms with van der Waals surface area (Å²) in [5, 5.41) is 0.755. The molecule has 1 aromatic heterocycles. The Morgan fingerprint density at radius 2 is 1.55 bits per heavy atom. The van der Waals surface area contributed by atoms with Gasteiger partial charge < -0.3 is 19.2 Å². The predicted octanol–water partition coefficient (Wildman–Crippen LogP) is 5.50. The molecule has 6 heteroatoms. The van der Waals surface area contributed by atoms with Crippen LogP contribution in [0, 0.1) is 0 Å². The van der Waals surface area contributed by atoms with E-state index >= 15 is 0 Å². The van der Waals surface area contributed by atoms with Gasteiger partial charge in [0.25, 0.3) is 0 Å².